The minimum absolute atomic E-state index is 0.135. The second-order valence-electron chi connectivity index (χ2n) is 4.43. The fourth-order valence-corrected chi connectivity index (χ4v) is 1.99. The van der Waals surface area contributed by atoms with Crippen molar-refractivity contribution in [2.75, 3.05) is 0 Å². The molecule has 20 heavy (non-hydrogen) atoms. The Bertz CT molecular complexity index is 437. The second kappa shape index (κ2) is 5.63. The average Bonchev–Trinajstić information content (AvgIpc) is 2.53. The van der Waals surface area contributed by atoms with E-state index in [1.54, 1.807) is 13.8 Å². The van der Waals surface area contributed by atoms with Gasteiger partial charge in [-0.1, -0.05) is 0 Å². The highest BCUT2D eigenvalue weighted by Gasteiger charge is 2.60. The average molecular weight is 304 g/mol. The minimum Gasteiger partial charge on any atom is -0.392 e. The number of aromatic nitrogens is 2. The number of hydrogen-bond acceptors (Lipinski definition) is 2. The van der Waals surface area contributed by atoms with E-state index in [1.165, 1.54) is 10.7 Å². The summed E-state index contributed by atoms with van der Waals surface area (Å²) in [6, 6.07) is 1.36. The molecule has 1 atom stereocenters. The van der Waals surface area contributed by atoms with Crippen LogP contribution in [0.15, 0.2) is 6.07 Å². The highest BCUT2D eigenvalue weighted by atomic mass is 19.4. The summed E-state index contributed by atoms with van der Waals surface area (Å²) in [4.78, 5) is 0. The molecule has 0 fully saturated rings. The first-order valence-corrected chi connectivity index (χ1v) is 5.81. The highest BCUT2D eigenvalue weighted by molar-refractivity contribution is 5.10. The minimum atomic E-state index is -5.55. The standard InChI is InChI=1S/C11H14F6N2O/c1-3-19-7(4-6(2)18-19)5-8(20)9(10(12,13)14)11(15,16)17/h4,8-9,20H,3,5H2,1-2H3. The molecule has 1 N–H and O–H groups in total. The molecule has 0 aliphatic carbocycles. The van der Waals surface area contributed by atoms with Gasteiger partial charge in [-0.15, -0.1) is 0 Å². The molecule has 1 aromatic heterocycles. The maximum Gasteiger partial charge on any atom is 0.403 e. The summed E-state index contributed by atoms with van der Waals surface area (Å²) in [7, 11) is 0. The van der Waals surface area contributed by atoms with Gasteiger partial charge >= 0.3 is 12.4 Å². The quantitative estimate of drug-likeness (QED) is 0.869. The van der Waals surface area contributed by atoms with E-state index in [2.05, 4.69) is 5.10 Å². The number of hydrogen-bond donors (Lipinski definition) is 1. The van der Waals surface area contributed by atoms with Crippen molar-refractivity contribution < 1.29 is 31.4 Å². The van der Waals surface area contributed by atoms with Gasteiger partial charge in [0.1, 0.15) is 0 Å². The van der Waals surface area contributed by atoms with Crippen molar-refractivity contribution in [1.29, 1.82) is 0 Å². The monoisotopic (exact) mass is 304 g/mol. The van der Waals surface area contributed by atoms with Gasteiger partial charge in [0, 0.05) is 18.7 Å². The molecule has 0 bridgehead atoms. The molecule has 0 aliphatic rings. The van der Waals surface area contributed by atoms with Crippen LogP contribution in [-0.2, 0) is 13.0 Å². The molecule has 116 valence electrons. The van der Waals surface area contributed by atoms with Crippen LogP contribution in [0.25, 0.3) is 0 Å². The topological polar surface area (TPSA) is 38.0 Å². The molecule has 1 rings (SSSR count). The maximum absolute atomic E-state index is 12.5. The third-order valence-electron chi connectivity index (χ3n) is 2.79. The number of aliphatic hydroxyl groups excluding tert-OH is 1. The third kappa shape index (κ3) is 3.87. The summed E-state index contributed by atoms with van der Waals surface area (Å²) in [5.41, 5.74) is 0.598. The van der Waals surface area contributed by atoms with Gasteiger partial charge in [-0.25, -0.2) is 0 Å². The van der Waals surface area contributed by atoms with E-state index in [9.17, 15) is 31.4 Å². The fraction of sp³-hybridized carbons (Fsp3) is 0.727. The molecule has 1 heterocycles. The van der Waals surface area contributed by atoms with E-state index < -0.39 is 30.8 Å². The van der Waals surface area contributed by atoms with E-state index in [0.717, 1.165) is 0 Å². The van der Waals surface area contributed by atoms with Crippen LogP contribution in [0.5, 0.6) is 0 Å². The van der Waals surface area contributed by atoms with Crippen molar-refractivity contribution in [3.8, 4) is 0 Å². The van der Waals surface area contributed by atoms with Gasteiger partial charge in [0.2, 0.25) is 0 Å². The number of aryl methyl sites for hydroxylation is 2. The number of aliphatic hydroxyl groups is 1. The van der Waals surface area contributed by atoms with Gasteiger partial charge in [-0.05, 0) is 19.9 Å². The lowest BCUT2D eigenvalue weighted by molar-refractivity contribution is -0.305. The molecule has 1 unspecified atom stereocenters. The molecule has 0 spiro atoms. The summed E-state index contributed by atoms with van der Waals surface area (Å²) >= 11 is 0. The first-order valence-electron chi connectivity index (χ1n) is 5.81. The van der Waals surface area contributed by atoms with Crippen LogP contribution in [0.1, 0.15) is 18.3 Å². The lowest BCUT2D eigenvalue weighted by Crippen LogP contribution is -2.45. The van der Waals surface area contributed by atoms with Crippen LogP contribution in [0.3, 0.4) is 0 Å². The Hall–Kier alpha value is -1.25. The Morgan fingerprint density at radius 3 is 2.10 bits per heavy atom. The Labute approximate surface area is 111 Å². The van der Waals surface area contributed by atoms with Crippen LogP contribution in [-0.4, -0.2) is 33.3 Å². The Morgan fingerprint density at radius 1 is 1.20 bits per heavy atom. The molecule has 0 aromatic carbocycles. The smallest absolute Gasteiger partial charge is 0.392 e. The van der Waals surface area contributed by atoms with Crippen LogP contribution < -0.4 is 0 Å². The summed E-state index contributed by atoms with van der Waals surface area (Å²) in [5, 5.41) is 13.3. The van der Waals surface area contributed by atoms with Crippen LogP contribution in [0, 0.1) is 12.8 Å². The van der Waals surface area contributed by atoms with E-state index >= 15 is 0 Å². The number of alkyl halides is 6. The normalized spacial score (nSPS) is 14.9. The number of rotatable bonds is 4. The zero-order valence-corrected chi connectivity index (χ0v) is 10.8. The highest BCUT2D eigenvalue weighted by Crippen LogP contribution is 2.42. The molecule has 1 aromatic rings. The maximum atomic E-state index is 12.5. The lowest BCUT2D eigenvalue weighted by atomic mass is 9.97. The Kier molecular flexibility index (Phi) is 4.73. The summed E-state index contributed by atoms with van der Waals surface area (Å²) in [6.07, 6.45) is -14.5. The molecular formula is C11H14F6N2O. The molecule has 3 nitrogen and oxygen atoms in total. The van der Waals surface area contributed by atoms with Gasteiger partial charge in [-0.3, -0.25) is 4.68 Å². The van der Waals surface area contributed by atoms with Crippen LogP contribution in [0.2, 0.25) is 0 Å². The van der Waals surface area contributed by atoms with Gasteiger partial charge in [0.25, 0.3) is 0 Å². The van der Waals surface area contributed by atoms with E-state index in [-0.39, 0.29) is 5.69 Å². The van der Waals surface area contributed by atoms with E-state index in [1.807, 2.05) is 0 Å². The van der Waals surface area contributed by atoms with Gasteiger partial charge in [0.05, 0.1) is 11.8 Å². The SMILES string of the molecule is CCn1nc(C)cc1CC(O)C(C(F)(F)F)C(F)(F)F. The van der Waals surface area contributed by atoms with Crippen LogP contribution in [0.4, 0.5) is 26.3 Å². The van der Waals surface area contributed by atoms with Crippen LogP contribution >= 0.6 is 0 Å². The largest absolute Gasteiger partial charge is 0.403 e. The van der Waals surface area contributed by atoms with Gasteiger partial charge in [-0.2, -0.15) is 31.4 Å². The summed E-state index contributed by atoms with van der Waals surface area (Å²) in [5.74, 6) is -3.77. The molecular weight excluding hydrogens is 290 g/mol. The van der Waals surface area contributed by atoms with Gasteiger partial charge in [0.15, 0.2) is 5.92 Å². The lowest BCUT2D eigenvalue weighted by Gasteiger charge is -2.27. The van der Waals surface area contributed by atoms with Crippen molar-refractivity contribution in [1.82, 2.24) is 9.78 Å². The molecule has 0 saturated heterocycles. The zero-order valence-electron chi connectivity index (χ0n) is 10.8. The van der Waals surface area contributed by atoms with Crippen molar-refractivity contribution >= 4 is 0 Å². The summed E-state index contributed by atoms with van der Waals surface area (Å²) in [6.45, 7) is 3.50. The Morgan fingerprint density at radius 2 is 1.70 bits per heavy atom. The summed E-state index contributed by atoms with van der Waals surface area (Å²) < 4.78 is 76.0. The number of nitrogens with zero attached hydrogens (tertiary/aromatic N) is 2. The molecule has 0 aliphatic heterocycles. The first kappa shape index (κ1) is 16.8. The Balaban J connectivity index is 3.00. The zero-order chi connectivity index (χ0) is 15.7. The first-order chi connectivity index (χ1) is 8.96. The van der Waals surface area contributed by atoms with Crippen molar-refractivity contribution in [3.05, 3.63) is 17.5 Å². The van der Waals surface area contributed by atoms with Crippen molar-refractivity contribution in [2.45, 2.75) is 45.3 Å². The van der Waals surface area contributed by atoms with Crippen molar-refractivity contribution in [3.63, 3.8) is 0 Å². The second-order valence-corrected chi connectivity index (χ2v) is 4.43. The number of halogens is 6. The fourth-order valence-electron chi connectivity index (χ4n) is 1.99. The van der Waals surface area contributed by atoms with Crippen molar-refractivity contribution in [2.24, 2.45) is 5.92 Å². The predicted molar refractivity (Wildman–Crippen MR) is 57.9 cm³/mol. The molecule has 9 heteroatoms. The molecule has 0 saturated carbocycles. The molecule has 0 amide bonds. The third-order valence-corrected chi connectivity index (χ3v) is 2.79. The van der Waals surface area contributed by atoms with E-state index in [0.29, 0.717) is 12.2 Å². The van der Waals surface area contributed by atoms with Gasteiger partial charge < -0.3 is 5.11 Å². The molecule has 0 radical (unpaired) electrons. The predicted octanol–water partition coefficient (Wildman–Crippen LogP) is 2.86. The van der Waals surface area contributed by atoms with E-state index in [4.69, 9.17) is 0 Å².